The van der Waals surface area contributed by atoms with Crippen molar-refractivity contribution in [2.45, 2.75) is 0 Å². The summed E-state index contributed by atoms with van der Waals surface area (Å²) < 4.78 is 27.7. The smallest absolute Gasteiger partial charge is 0.339 e. The first-order chi connectivity index (χ1) is 10.4. The fourth-order valence-corrected chi connectivity index (χ4v) is 3.44. The van der Waals surface area contributed by atoms with E-state index in [-0.39, 0.29) is 29.2 Å². The molecule has 22 heavy (non-hydrogen) atoms. The second-order valence-electron chi connectivity index (χ2n) is 4.98. The molecule has 1 aromatic rings. The summed E-state index contributed by atoms with van der Waals surface area (Å²) in [5.41, 5.74) is -0.0900. The summed E-state index contributed by atoms with van der Waals surface area (Å²) >= 11 is 0. The normalized spacial score (nSPS) is 17.8. The minimum atomic E-state index is -2.93. The number of carboxylic acids is 1. The Bertz CT molecular complexity index is 656. The number of carboxylic acid groups (broad SMARTS) is 1. The molecule has 0 atom stereocenters. The molecule has 0 aliphatic carbocycles. The lowest BCUT2D eigenvalue weighted by atomic mass is 10.1. The van der Waals surface area contributed by atoms with Crippen molar-refractivity contribution in [3.8, 4) is 0 Å². The van der Waals surface area contributed by atoms with Crippen LogP contribution >= 0.6 is 0 Å². The number of ether oxygens (including phenoxy) is 1. The Labute approximate surface area is 128 Å². The molecule has 1 saturated heterocycles. The zero-order valence-electron chi connectivity index (χ0n) is 11.9. The third kappa shape index (κ3) is 4.28. The molecule has 8 heteroatoms. The third-order valence-corrected chi connectivity index (χ3v) is 5.06. The molecule has 1 aromatic carbocycles. The number of aromatic carboxylic acids is 1. The Morgan fingerprint density at radius 3 is 2.32 bits per heavy atom. The highest BCUT2D eigenvalue weighted by Gasteiger charge is 2.22. The van der Waals surface area contributed by atoms with Crippen molar-refractivity contribution < 1.29 is 27.9 Å². The largest absolute Gasteiger partial charge is 0.478 e. The van der Waals surface area contributed by atoms with Gasteiger partial charge in [-0.2, -0.15) is 0 Å². The van der Waals surface area contributed by atoms with Gasteiger partial charge in [-0.15, -0.1) is 0 Å². The molecule has 0 spiro atoms. The summed E-state index contributed by atoms with van der Waals surface area (Å²) in [4.78, 5) is 24.9. The molecule has 0 bridgehead atoms. The van der Waals surface area contributed by atoms with Crippen LogP contribution in [0, 0.1) is 0 Å². The maximum Gasteiger partial charge on any atom is 0.339 e. The predicted octanol–water partition coefficient (Wildman–Crippen LogP) is 0.272. The van der Waals surface area contributed by atoms with E-state index < -0.39 is 21.8 Å². The Morgan fingerprint density at radius 1 is 1.14 bits per heavy atom. The summed E-state index contributed by atoms with van der Waals surface area (Å²) in [6.07, 6.45) is 0. The summed E-state index contributed by atoms with van der Waals surface area (Å²) in [7, 11) is -2.93. The Morgan fingerprint density at radius 2 is 1.73 bits per heavy atom. The molecule has 0 saturated carbocycles. The van der Waals surface area contributed by atoms with Gasteiger partial charge in [-0.25, -0.2) is 18.0 Å². The van der Waals surface area contributed by atoms with E-state index >= 15 is 0 Å². The number of esters is 1. The molecular formula is C14H17NO6S. The van der Waals surface area contributed by atoms with Crippen molar-refractivity contribution in [2.24, 2.45) is 0 Å². The average Bonchev–Trinajstić information content (AvgIpc) is 2.48. The van der Waals surface area contributed by atoms with E-state index in [2.05, 4.69) is 0 Å². The van der Waals surface area contributed by atoms with Gasteiger partial charge < -0.3 is 9.84 Å². The number of hydrogen-bond acceptors (Lipinski definition) is 6. The highest BCUT2D eigenvalue weighted by molar-refractivity contribution is 7.91. The number of carbonyl (C=O) groups excluding carboxylic acids is 1. The third-order valence-electron chi connectivity index (χ3n) is 3.46. The molecule has 1 heterocycles. The molecule has 1 N–H and O–H groups in total. The number of hydrogen-bond donors (Lipinski definition) is 1. The Kier molecular flexibility index (Phi) is 5.15. The van der Waals surface area contributed by atoms with Crippen LogP contribution in [-0.2, 0) is 14.6 Å². The summed E-state index contributed by atoms with van der Waals surface area (Å²) in [6.45, 7) is 1.36. The van der Waals surface area contributed by atoms with Gasteiger partial charge in [0.15, 0.2) is 9.84 Å². The summed E-state index contributed by atoms with van der Waals surface area (Å²) in [6, 6.07) is 5.85. The van der Waals surface area contributed by atoms with Crippen LogP contribution < -0.4 is 0 Å². The van der Waals surface area contributed by atoms with Crippen molar-refractivity contribution in [1.82, 2.24) is 4.90 Å². The fraction of sp³-hybridized carbons (Fsp3) is 0.429. The van der Waals surface area contributed by atoms with Gasteiger partial charge in [0.2, 0.25) is 0 Å². The lowest BCUT2D eigenvalue weighted by Crippen LogP contribution is -2.41. The number of carbonyl (C=O) groups is 2. The molecule has 0 radical (unpaired) electrons. The van der Waals surface area contributed by atoms with Crippen LogP contribution in [0.1, 0.15) is 20.7 Å². The predicted molar refractivity (Wildman–Crippen MR) is 78.8 cm³/mol. The van der Waals surface area contributed by atoms with Crippen LogP contribution in [0.4, 0.5) is 0 Å². The molecular weight excluding hydrogens is 310 g/mol. The number of nitrogens with zero attached hydrogens (tertiary/aromatic N) is 1. The maximum atomic E-state index is 11.9. The van der Waals surface area contributed by atoms with Crippen molar-refractivity contribution in [2.75, 3.05) is 37.7 Å². The first-order valence-corrected chi connectivity index (χ1v) is 8.63. The monoisotopic (exact) mass is 327 g/mol. The number of benzene rings is 1. The number of sulfone groups is 1. The molecule has 1 aliphatic heterocycles. The number of rotatable bonds is 5. The van der Waals surface area contributed by atoms with Crippen LogP contribution in [0.15, 0.2) is 24.3 Å². The molecule has 0 unspecified atom stereocenters. The first-order valence-electron chi connectivity index (χ1n) is 6.81. The molecule has 120 valence electrons. The van der Waals surface area contributed by atoms with Crippen molar-refractivity contribution in [3.63, 3.8) is 0 Å². The van der Waals surface area contributed by atoms with Crippen LogP contribution in [0.3, 0.4) is 0 Å². The van der Waals surface area contributed by atoms with Crippen LogP contribution in [0.25, 0.3) is 0 Å². The second kappa shape index (κ2) is 6.89. The summed E-state index contributed by atoms with van der Waals surface area (Å²) in [5.74, 6) is -1.65. The van der Waals surface area contributed by atoms with Gasteiger partial charge in [-0.05, 0) is 12.1 Å². The lowest BCUT2D eigenvalue weighted by molar-refractivity contribution is 0.0456. The van der Waals surface area contributed by atoms with E-state index in [0.29, 0.717) is 19.6 Å². The van der Waals surface area contributed by atoms with Crippen molar-refractivity contribution in [1.29, 1.82) is 0 Å². The summed E-state index contributed by atoms with van der Waals surface area (Å²) in [5, 5.41) is 9.02. The van der Waals surface area contributed by atoms with Gasteiger partial charge in [-0.3, -0.25) is 4.90 Å². The molecule has 2 rings (SSSR count). The van der Waals surface area contributed by atoms with E-state index in [1.165, 1.54) is 18.2 Å². The topological polar surface area (TPSA) is 101 Å². The average molecular weight is 327 g/mol. The standard InChI is InChI=1S/C14H17NO6S/c16-13(17)11-3-1-2-4-12(11)14(18)21-8-5-15-6-9-22(19,20)10-7-15/h1-4H,5-10H2,(H,16,17). The SMILES string of the molecule is O=C(O)c1ccccc1C(=O)OCCN1CCS(=O)(=O)CC1. The highest BCUT2D eigenvalue weighted by atomic mass is 32.2. The molecule has 0 aromatic heterocycles. The maximum absolute atomic E-state index is 11.9. The van der Waals surface area contributed by atoms with Crippen molar-refractivity contribution >= 4 is 21.8 Å². The van der Waals surface area contributed by atoms with E-state index in [4.69, 9.17) is 9.84 Å². The van der Waals surface area contributed by atoms with Gasteiger partial charge in [0.1, 0.15) is 6.61 Å². The van der Waals surface area contributed by atoms with Gasteiger partial charge in [-0.1, -0.05) is 12.1 Å². The van der Waals surface area contributed by atoms with E-state index in [0.717, 1.165) is 0 Å². The van der Waals surface area contributed by atoms with Gasteiger partial charge in [0.05, 0.1) is 22.6 Å². The quantitative estimate of drug-likeness (QED) is 0.775. The van der Waals surface area contributed by atoms with E-state index in [1.807, 2.05) is 4.90 Å². The second-order valence-corrected chi connectivity index (χ2v) is 7.28. The highest BCUT2D eigenvalue weighted by Crippen LogP contribution is 2.10. The minimum absolute atomic E-state index is 0.0104. The van der Waals surface area contributed by atoms with E-state index in [9.17, 15) is 18.0 Å². The minimum Gasteiger partial charge on any atom is -0.478 e. The zero-order chi connectivity index (χ0) is 16.2. The van der Waals surface area contributed by atoms with Gasteiger partial charge >= 0.3 is 11.9 Å². The van der Waals surface area contributed by atoms with Gasteiger partial charge in [0.25, 0.3) is 0 Å². The molecule has 7 nitrogen and oxygen atoms in total. The zero-order valence-corrected chi connectivity index (χ0v) is 12.7. The molecule has 1 fully saturated rings. The van der Waals surface area contributed by atoms with E-state index in [1.54, 1.807) is 6.07 Å². The van der Waals surface area contributed by atoms with Crippen LogP contribution in [0.2, 0.25) is 0 Å². The van der Waals surface area contributed by atoms with Gasteiger partial charge in [0, 0.05) is 19.6 Å². The fourth-order valence-electron chi connectivity index (χ4n) is 2.17. The lowest BCUT2D eigenvalue weighted by Gasteiger charge is -2.26. The van der Waals surface area contributed by atoms with Crippen molar-refractivity contribution in [3.05, 3.63) is 35.4 Å². The first kappa shape index (κ1) is 16.4. The van der Waals surface area contributed by atoms with Crippen LogP contribution in [0.5, 0.6) is 0 Å². The van der Waals surface area contributed by atoms with Crippen LogP contribution in [-0.4, -0.2) is 68.1 Å². The Hall–Kier alpha value is -1.93. The molecule has 0 amide bonds. The Balaban J connectivity index is 1.85. The molecule has 1 aliphatic rings.